The van der Waals surface area contributed by atoms with Gasteiger partial charge >= 0.3 is 10.4 Å². The summed E-state index contributed by atoms with van der Waals surface area (Å²) < 4.78 is 47.7. The third-order valence-electron chi connectivity index (χ3n) is 11.8. The number of unbranched alkanes of at least 4 members (excludes halogenated alkanes) is 28. The predicted molar refractivity (Wildman–Crippen MR) is 241 cm³/mol. The summed E-state index contributed by atoms with van der Waals surface area (Å²) in [6.07, 6.45) is 33.5. The summed E-state index contributed by atoms with van der Waals surface area (Å²) in [4.78, 5) is 13.1. The zero-order chi connectivity index (χ0) is 44.1. The Morgan fingerprint density at radius 2 is 1.07 bits per heavy atom. The SMILES string of the molecule is CCCCCCCCC/C=C\CCCCCCCC(=O)NC(COC1OC(CO)C(O)C(OS(=O)(=O)O)C1O)C(O)CCCCCCCCCCCCCCCCCCC. The first-order chi connectivity index (χ1) is 29.0. The van der Waals surface area contributed by atoms with Crippen LogP contribution in [-0.2, 0) is 28.9 Å². The highest BCUT2D eigenvalue weighted by Crippen LogP contribution is 2.26. The Labute approximate surface area is 366 Å². The molecule has 0 aromatic heterocycles. The molecule has 6 N–H and O–H groups in total. The third-order valence-corrected chi connectivity index (χ3v) is 12.3. The van der Waals surface area contributed by atoms with Crippen LogP contribution >= 0.6 is 0 Å². The van der Waals surface area contributed by atoms with Crippen LogP contribution in [0.25, 0.3) is 0 Å². The van der Waals surface area contributed by atoms with Crippen LogP contribution < -0.4 is 5.32 Å². The van der Waals surface area contributed by atoms with Gasteiger partial charge in [0.05, 0.1) is 25.4 Å². The van der Waals surface area contributed by atoms with E-state index in [9.17, 15) is 38.2 Å². The predicted octanol–water partition coefficient (Wildman–Crippen LogP) is 9.95. The molecule has 1 fully saturated rings. The Kier molecular flexibility index (Phi) is 36.3. The number of hydrogen-bond donors (Lipinski definition) is 6. The number of rotatable bonds is 42. The monoisotopic (exact) mass is 878 g/mol. The van der Waals surface area contributed by atoms with Gasteiger partial charge in [-0.1, -0.05) is 193 Å². The van der Waals surface area contributed by atoms with E-state index in [-0.39, 0.29) is 18.9 Å². The highest BCUT2D eigenvalue weighted by Gasteiger charge is 2.48. The lowest BCUT2D eigenvalue weighted by Crippen LogP contribution is -2.61. The van der Waals surface area contributed by atoms with Crippen LogP contribution in [0.4, 0.5) is 0 Å². The topological polar surface area (TPSA) is 192 Å². The molecule has 0 saturated carbocycles. The molecule has 0 aliphatic carbocycles. The smallest absolute Gasteiger partial charge is 0.394 e. The number of hydrogen-bond acceptors (Lipinski definition) is 10. The Bertz CT molecular complexity index is 1130. The summed E-state index contributed by atoms with van der Waals surface area (Å²) in [6.45, 7) is 3.45. The van der Waals surface area contributed by atoms with Gasteiger partial charge in [-0.05, 0) is 38.5 Å². The molecule has 0 spiro atoms. The normalized spacial score (nSPS) is 20.8. The molecule has 0 aromatic carbocycles. The van der Waals surface area contributed by atoms with Gasteiger partial charge in [0.2, 0.25) is 5.91 Å². The fourth-order valence-electron chi connectivity index (χ4n) is 7.98. The second-order valence-electron chi connectivity index (χ2n) is 17.4. The van der Waals surface area contributed by atoms with Gasteiger partial charge in [-0.3, -0.25) is 9.35 Å². The minimum Gasteiger partial charge on any atom is -0.394 e. The van der Waals surface area contributed by atoms with Gasteiger partial charge in [0.15, 0.2) is 6.29 Å². The molecular formula is C47H91NO11S. The molecule has 13 heteroatoms. The maximum atomic E-state index is 13.1. The number of nitrogens with one attached hydrogen (secondary N) is 1. The number of carbonyl (C=O) groups is 1. The Morgan fingerprint density at radius 3 is 1.50 bits per heavy atom. The molecule has 1 aliphatic rings. The summed E-state index contributed by atoms with van der Waals surface area (Å²) >= 11 is 0. The molecule has 7 atom stereocenters. The lowest BCUT2D eigenvalue weighted by molar-refractivity contribution is -0.298. The third kappa shape index (κ3) is 30.8. The zero-order valence-electron chi connectivity index (χ0n) is 38.0. The Morgan fingerprint density at radius 1 is 0.650 bits per heavy atom. The van der Waals surface area contributed by atoms with E-state index in [0.717, 1.165) is 64.2 Å². The van der Waals surface area contributed by atoms with Crippen LogP contribution in [0.5, 0.6) is 0 Å². The highest BCUT2D eigenvalue weighted by atomic mass is 32.3. The number of aliphatic hydroxyl groups is 4. The molecule has 0 bridgehead atoms. The first-order valence-corrected chi connectivity index (χ1v) is 25.9. The van der Waals surface area contributed by atoms with Crippen LogP contribution in [0.3, 0.4) is 0 Å². The van der Waals surface area contributed by atoms with Crippen molar-refractivity contribution in [1.82, 2.24) is 5.32 Å². The summed E-state index contributed by atoms with van der Waals surface area (Å²) in [6, 6.07) is -0.859. The molecule has 1 aliphatic heterocycles. The summed E-state index contributed by atoms with van der Waals surface area (Å²) in [5.41, 5.74) is 0. The van der Waals surface area contributed by atoms with Gasteiger partial charge in [0.25, 0.3) is 0 Å². The fraction of sp³-hybridized carbons (Fsp3) is 0.936. The first kappa shape index (κ1) is 56.9. The molecule has 1 saturated heterocycles. The van der Waals surface area contributed by atoms with E-state index in [4.69, 9.17) is 9.47 Å². The molecule has 7 unspecified atom stereocenters. The van der Waals surface area contributed by atoms with Gasteiger partial charge < -0.3 is 35.2 Å². The lowest BCUT2D eigenvalue weighted by Gasteiger charge is -2.41. The van der Waals surface area contributed by atoms with E-state index in [1.54, 1.807) is 0 Å². The van der Waals surface area contributed by atoms with E-state index >= 15 is 0 Å². The van der Waals surface area contributed by atoms with Crippen molar-refractivity contribution >= 4 is 16.3 Å². The fourth-order valence-corrected chi connectivity index (χ4v) is 8.49. The molecule has 0 aromatic rings. The number of allylic oxidation sites excluding steroid dienone is 2. The van der Waals surface area contributed by atoms with Crippen molar-refractivity contribution in [2.24, 2.45) is 0 Å². The number of carbonyl (C=O) groups excluding carboxylic acids is 1. The van der Waals surface area contributed by atoms with Crippen LogP contribution in [0, 0.1) is 0 Å². The average molecular weight is 878 g/mol. The van der Waals surface area contributed by atoms with Crippen molar-refractivity contribution in [2.75, 3.05) is 13.2 Å². The minimum absolute atomic E-state index is 0.236. The molecule has 0 radical (unpaired) electrons. The maximum Gasteiger partial charge on any atom is 0.397 e. The van der Waals surface area contributed by atoms with E-state index < -0.39 is 59.9 Å². The van der Waals surface area contributed by atoms with Crippen LogP contribution in [0.2, 0.25) is 0 Å². The van der Waals surface area contributed by atoms with Gasteiger partial charge in [-0.25, -0.2) is 4.18 Å². The zero-order valence-corrected chi connectivity index (χ0v) is 38.9. The molecule has 1 amide bonds. The molecule has 1 heterocycles. The van der Waals surface area contributed by atoms with Crippen LogP contribution in [-0.4, -0.2) is 95.4 Å². The Hall–Kier alpha value is -1.16. The summed E-state index contributed by atoms with van der Waals surface area (Å²) in [5.74, 6) is -0.236. The average Bonchev–Trinajstić information content (AvgIpc) is 3.22. The molecule has 12 nitrogen and oxygen atoms in total. The highest BCUT2D eigenvalue weighted by molar-refractivity contribution is 7.80. The second kappa shape index (κ2) is 38.3. The number of ether oxygens (including phenoxy) is 2. The first-order valence-electron chi connectivity index (χ1n) is 24.6. The van der Waals surface area contributed by atoms with Gasteiger partial charge in [-0.2, -0.15) is 8.42 Å². The van der Waals surface area contributed by atoms with Crippen molar-refractivity contribution in [1.29, 1.82) is 0 Å². The van der Waals surface area contributed by atoms with Gasteiger partial charge in [-0.15, -0.1) is 0 Å². The van der Waals surface area contributed by atoms with E-state index in [1.807, 2.05) is 0 Å². The standard InChI is InChI=1S/C47H91NO11S/c1-3-5-7-9-11-13-15-17-19-21-22-24-26-28-30-32-34-36-41(50)40(39-57-47-45(53)46(59-60(54,55)56)44(52)42(38-49)58-47)48-43(51)37-35-33-31-29-27-25-23-20-18-16-14-12-10-8-6-4-2/h20,23,40-42,44-47,49-50,52-53H,3-19,21-22,24-39H2,1-2H3,(H,48,51)(H,54,55,56)/b23-20-. The molecular weight excluding hydrogens is 787 g/mol. The van der Waals surface area contributed by atoms with Gasteiger partial charge in [0, 0.05) is 6.42 Å². The maximum absolute atomic E-state index is 13.1. The van der Waals surface area contributed by atoms with E-state index in [2.05, 4.69) is 35.5 Å². The van der Waals surface area contributed by atoms with E-state index in [1.165, 1.54) is 128 Å². The molecule has 1 rings (SSSR count). The number of amides is 1. The van der Waals surface area contributed by atoms with E-state index in [0.29, 0.717) is 12.8 Å². The number of aliphatic hydroxyl groups excluding tert-OH is 4. The largest absolute Gasteiger partial charge is 0.397 e. The van der Waals surface area contributed by atoms with Crippen molar-refractivity contribution in [3.05, 3.63) is 12.2 Å². The molecule has 356 valence electrons. The van der Waals surface area contributed by atoms with Crippen molar-refractivity contribution in [2.45, 2.75) is 269 Å². The quantitative estimate of drug-likeness (QED) is 0.0194. The minimum atomic E-state index is -5.08. The Balaban J connectivity index is 2.47. The second-order valence-corrected chi connectivity index (χ2v) is 18.5. The van der Waals surface area contributed by atoms with Crippen molar-refractivity contribution < 1.29 is 51.8 Å². The van der Waals surface area contributed by atoms with Crippen molar-refractivity contribution in [3.8, 4) is 0 Å². The van der Waals surface area contributed by atoms with Crippen molar-refractivity contribution in [3.63, 3.8) is 0 Å². The van der Waals surface area contributed by atoms with Crippen LogP contribution in [0.1, 0.15) is 226 Å². The van der Waals surface area contributed by atoms with Gasteiger partial charge in [0.1, 0.15) is 24.4 Å². The molecule has 60 heavy (non-hydrogen) atoms. The summed E-state index contributed by atoms with van der Waals surface area (Å²) in [7, 11) is -5.08. The van der Waals surface area contributed by atoms with Crippen LogP contribution in [0.15, 0.2) is 12.2 Å². The lowest BCUT2D eigenvalue weighted by atomic mass is 9.99. The summed E-state index contributed by atoms with van der Waals surface area (Å²) in [5, 5.41) is 44.9.